The van der Waals surface area contributed by atoms with Gasteiger partial charge in [0, 0.05) is 20.0 Å². The third kappa shape index (κ3) is 5.34. The Hall–Kier alpha value is -1.55. The molecule has 0 spiro atoms. The van der Waals surface area contributed by atoms with Gasteiger partial charge in [-0.25, -0.2) is 0 Å². The minimum absolute atomic E-state index is 0.279. The largest absolute Gasteiger partial charge is 0.497 e. The Morgan fingerprint density at radius 2 is 2.14 bits per heavy atom. The van der Waals surface area contributed by atoms with E-state index in [4.69, 9.17) is 4.74 Å². The third-order valence-electron chi connectivity index (χ3n) is 4.47. The SMILES string of the molecule is COc1ccc(CCCN(C)C(=O)CCC2CCNC2)cc1. The van der Waals surface area contributed by atoms with Crippen LogP contribution in [0.25, 0.3) is 0 Å². The fourth-order valence-corrected chi connectivity index (χ4v) is 2.92. The Labute approximate surface area is 133 Å². The van der Waals surface area contributed by atoms with Gasteiger partial charge in [-0.15, -0.1) is 0 Å². The van der Waals surface area contributed by atoms with Gasteiger partial charge in [-0.2, -0.15) is 0 Å². The van der Waals surface area contributed by atoms with E-state index in [1.54, 1.807) is 7.11 Å². The average molecular weight is 304 g/mol. The molecule has 0 radical (unpaired) electrons. The number of carbonyl (C=O) groups excluding carboxylic acids is 1. The summed E-state index contributed by atoms with van der Waals surface area (Å²) in [5.41, 5.74) is 1.29. The van der Waals surface area contributed by atoms with Crippen LogP contribution in [0.2, 0.25) is 0 Å². The molecule has 1 atom stereocenters. The van der Waals surface area contributed by atoms with E-state index in [0.29, 0.717) is 12.3 Å². The minimum Gasteiger partial charge on any atom is -0.497 e. The molecular weight excluding hydrogens is 276 g/mol. The van der Waals surface area contributed by atoms with Gasteiger partial charge in [0.25, 0.3) is 0 Å². The zero-order chi connectivity index (χ0) is 15.8. The second-order valence-corrected chi connectivity index (χ2v) is 6.16. The van der Waals surface area contributed by atoms with Gasteiger partial charge in [0.15, 0.2) is 0 Å². The molecule has 0 saturated carbocycles. The fraction of sp³-hybridized carbons (Fsp3) is 0.611. The highest BCUT2D eigenvalue weighted by Gasteiger charge is 2.17. The number of aryl methyl sites for hydroxylation is 1. The third-order valence-corrected chi connectivity index (χ3v) is 4.47. The van der Waals surface area contributed by atoms with Crippen LogP contribution in [0.15, 0.2) is 24.3 Å². The molecule has 0 bridgehead atoms. The summed E-state index contributed by atoms with van der Waals surface area (Å²) in [6, 6.07) is 8.15. The molecule has 1 amide bonds. The maximum absolute atomic E-state index is 12.1. The molecule has 4 nitrogen and oxygen atoms in total. The van der Waals surface area contributed by atoms with Crippen LogP contribution in [0.4, 0.5) is 0 Å². The Morgan fingerprint density at radius 1 is 1.36 bits per heavy atom. The standard InChI is InChI=1S/C18H28N2O2/c1-20(18(21)10-7-16-11-12-19-14-16)13-3-4-15-5-8-17(22-2)9-6-15/h5-6,8-9,16,19H,3-4,7,10-14H2,1-2H3. The lowest BCUT2D eigenvalue weighted by Gasteiger charge is -2.18. The molecule has 0 aliphatic carbocycles. The molecule has 1 aromatic carbocycles. The summed E-state index contributed by atoms with van der Waals surface area (Å²) < 4.78 is 5.16. The first-order valence-corrected chi connectivity index (χ1v) is 8.26. The topological polar surface area (TPSA) is 41.6 Å². The maximum Gasteiger partial charge on any atom is 0.222 e. The molecule has 2 rings (SSSR count). The summed E-state index contributed by atoms with van der Waals surface area (Å²) in [6.07, 6.45) is 4.92. The van der Waals surface area contributed by atoms with Gasteiger partial charge in [0.05, 0.1) is 7.11 Å². The number of nitrogens with zero attached hydrogens (tertiary/aromatic N) is 1. The van der Waals surface area contributed by atoms with Crippen LogP contribution in [0.1, 0.15) is 31.2 Å². The Bertz CT molecular complexity index is 453. The van der Waals surface area contributed by atoms with Crippen LogP contribution >= 0.6 is 0 Å². The van der Waals surface area contributed by atoms with E-state index in [-0.39, 0.29) is 5.91 Å². The molecule has 1 aromatic rings. The highest BCUT2D eigenvalue weighted by Crippen LogP contribution is 2.15. The number of rotatable bonds is 8. The molecule has 22 heavy (non-hydrogen) atoms. The highest BCUT2D eigenvalue weighted by molar-refractivity contribution is 5.75. The maximum atomic E-state index is 12.1. The van der Waals surface area contributed by atoms with Crippen molar-refractivity contribution in [3.8, 4) is 5.75 Å². The second kappa shape index (κ2) is 8.79. The first-order valence-electron chi connectivity index (χ1n) is 8.26. The molecule has 1 saturated heterocycles. The smallest absolute Gasteiger partial charge is 0.222 e. The number of nitrogens with one attached hydrogen (secondary N) is 1. The predicted molar refractivity (Wildman–Crippen MR) is 89.2 cm³/mol. The quantitative estimate of drug-likeness (QED) is 0.802. The zero-order valence-corrected chi connectivity index (χ0v) is 13.8. The van der Waals surface area contributed by atoms with Gasteiger partial charge < -0.3 is 15.0 Å². The van der Waals surface area contributed by atoms with Gasteiger partial charge in [-0.3, -0.25) is 4.79 Å². The molecule has 4 heteroatoms. The van der Waals surface area contributed by atoms with E-state index in [9.17, 15) is 4.79 Å². The number of amides is 1. The van der Waals surface area contributed by atoms with Gasteiger partial charge in [-0.1, -0.05) is 12.1 Å². The van der Waals surface area contributed by atoms with Gasteiger partial charge in [0.2, 0.25) is 5.91 Å². The van der Waals surface area contributed by atoms with E-state index in [1.807, 2.05) is 24.1 Å². The average Bonchev–Trinajstić information content (AvgIpc) is 3.06. The number of hydrogen-bond acceptors (Lipinski definition) is 3. The lowest BCUT2D eigenvalue weighted by molar-refractivity contribution is -0.130. The Morgan fingerprint density at radius 3 is 2.77 bits per heavy atom. The van der Waals surface area contributed by atoms with Crippen LogP contribution < -0.4 is 10.1 Å². The van der Waals surface area contributed by atoms with Crippen LogP contribution in [0.3, 0.4) is 0 Å². The first-order chi connectivity index (χ1) is 10.7. The molecule has 0 aromatic heterocycles. The van der Waals surface area contributed by atoms with Crippen LogP contribution in [-0.4, -0.2) is 44.6 Å². The van der Waals surface area contributed by atoms with E-state index < -0.39 is 0 Å². The van der Waals surface area contributed by atoms with Gasteiger partial charge >= 0.3 is 0 Å². The molecule has 1 N–H and O–H groups in total. The number of carbonyl (C=O) groups is 1. The van der Waals surface area contributed by atoms with Crippen molar-refractivity contribution in [2.45, 2.75) is 32.1 Å². The van der Waals surface area contributed by atoms with E-state index in [1.165, 1.54) is 12.0 Å². The molecule has 1 aliphatic rings. The van der Waals surface area contributed by atoms with E-state index in [0.717, 1.165) is 44.6 Å². The molecule has 122 valence electrons. The summed E-state index contributed by atoms with van der Waals surface area (Å²) in [5, 5.41) is 3.35. The Kier molecular flexibility index (Phi) is 6.72. The summed E-state index contributed by atoms with van der Waals surface area (Å²) in [6.45, 7) is 3.01. The zero-order valence-electron chi connectivity index (χ0n) is 13.8. The van der Waals surface area contributed by atoms with Crippen LogP contribution in [0.5, 0.6) is 5.75 Å². The summed E-state index contributed by atoms with van der Waals surface area (Å²) in [4.78, 5) is 14.0. The summed E-state index contributed by atoms with van der Waals surface area (Å²) in [7, 11) is 3.60. The van der Waals surface area contributed by atoms with Crippen molar-refractivity contribution >= 4 is 5.91 Å². The minimum atomic E-state index is 0.279. The monoisotopic (exact) mass is 304 g/mol. The number of methoxy groups -OCH3 is 1. The van der Waals surface area contributed by atoms with E-state index in [2.05, 4.69) is 17.4 Å². The van der Waals surface area contributed by atoms with Crippen molar-refractivity contribution in [2.75, 3.05) is 33.8 Å². The summed E-state index contributed by atoms with van der Waals surface area (Å²) >= 11 is 0. The van der Waals surface area contributed by atoms with Crippen molar-refractivity contribution in [1.29, 1.82) is 0 Å². The molecular formula is C18H28N2O2. The predicted octanol–water partition coefficient (Wildman–Crippen LogP) is 2.48. The number of hydrogen-bond donors (Lipinski definition) is 1. The molecule has 1 unspecified atom stereocenters. The first kappa shape index (κ1) is 16.8. The van der Waals surface area contributed by atoms with Crippen LogP contribution in [0, 0.1) is 5.92 Å². The van der Waals surface area contributed by atoms with Crippen molar-refractivity contribution in [2.24, 2.45) is 5.92 Å². The lowest BCUT2D eigenvalue weighted by Crippen LogP contribution is -2.28. The van der Waals surface area contributed by atoms with Crippen LogP contribution in [-0.2, 0) is 11.2 Å². The molecule has 1 heterocycles. The number of benzene rings is 1. The van der Waals surface area contributed by atoms with Crippen molar-refractivity contribution in [1.82, 2.24) is 10.2 Å². The number of ether oxygens (including phenoxy) is 1. The van der Waals surface area contributed by atoms with Gasteiger partial charge in [0.1, 0.15) is 5.75 Å². The van der Waals surface area contributed by atoms with Crippen molar-refractivity contribution < 1.29 is 9.53 Å². The second-order valence-electron chi connectivity index (χ2n) is 6.16. The van der Waals surface area contributed by atoms with E-state index >= 15 is 0 Å². The summed E-state index contributed by atoms with van der Waals surface area (Å²) in [5.74, 6) is 1.86. The molecule has 1 aliphatic heterocycles. The van der Waals surface area contributed by atoms with Gasteiger partial charge in [-0.05, 0) is 62.4 Å². The normalized spacial score (nSPS) is 17.5. The van der Waals surface area contributed by atoms with Crippen molar-refractivity contribution in [3.63, 3.8) is 0 Å². The lowest BCUT2D eigenvalue weighted by atomic mass is 10.0. The fourth-order valence-electron chi connectivity index (χ4n) is 2.92. The Balaban J connectivity index is 1.63. The highest BCUT2D eigenvalue weighted by atomic mass is 16.5. The van der Waals surface area contributed by atoms with Crippen molar-refractivity contribution in [3.05, 3.63) is 29.8 Å². The molecule has 1 fully saturated rings.